The van der Waals surface area contributed by atoms with Gasteiger partial charge in [0.05, 0.1) is 0 Å². The van der Waals surface area contributed by atoms with E-state index in [-0.39, 0.29) is 0 Å². The standard InChI is InChI=1S/C15H22BrN/c1-12(2)9-10-17(15-7-8-15)14-5-3-13(11-16)4-6-14/h3-6,12,15H,7-11H2,1-2H3. The number of benzene rings is 1. The predicted molar refractivity (Wildman–Crippen MR) is 78.9 cm³/mol. The fourth-order valence-corrected chi connectivity index (χ4v) is 2.46. The second-order valence-corrected chi connectivity index (χ2v) is 5.97. The van der Waals surface area contributed by atoms with Gasteiger partial charge in [0, 0.05) is 23.6 Å². The second kappa shape index (κ2) is 5.90. The predicted octanol–water partition coefficient (Wildman–Crippen LogP) is 4.60. The van der Waals surface area contributed by atoms with Crippen LogP contribution in [0.3, 0.4) is 0 Å². The van der Waals surface area contributed by atoms with Crippen molar-refractivity contribution in [2.45, 2.75) is 44.5 Å². The first kappa shape index (κ1) is 12.9. The van der Waals surface area contributed by atoms with Gasteiger partial charge in [-0.1, -0.05) is 41.9 Å². The van der Waals surface area contributed by atoms with E-state index in [9.17, 15) is 0 Å². The van der Waals surface area contributed by atoms with E-state index in [2.05, 4.69) is 58.9 Å². The average Bonchev–Trinajstić information content (AvgIpc) is 3.14. The lowest BCUT2D eigenvalue weighted by molar-refractivity contribution is 0.571. The van der Waals surface area contributed by atoms with Crippen LogP contribution in [-0.2, 0) is 5.33 Å². The van der Waals surface area contributed by atoms with E-state index < -0.39 is 0 Å². The van der Waals surface area contributed by atoms with Crippen LogP contribution in [0.25, 0.3) is 0 Å². The molecule has 1 aliphatic rings. The SMILES string of the molecule is CC(C)CCN(c1ccc(CBr)cc1)C1CC1. The molecule has 0 N–H and O–H groups in total. The Hall–Kier alpha value is -0.500. The summed E-state index contributed by atoms with van der Waals surface area (Å²) in [5.41, 5.74) is 2.76. The molecule has 0 radical (unpaired) electrons. The highest BCUT2D eigenvalue weighted by atomic mass is 79.9. The third-order valence-corrected chi connectivity index (χ3v) is 4.00. The smallest absolute Gasteiger partial charge is 0.0368 e. The van der Waals surface area contributed by atoms with Gasteiger partial charge in [0.25, 0.3) is 0 Å². The fourth-order valence-electron chi connectivity index (χ4n) is 2.08. The number of nitrogens with zero attached hydrogens (tertiary/aromatic N) is 1. The molecule has 0 bridgehead atoms. The van der Waals surface area contributed by atoms with Crippen LogP contribution in [0.4, 0.5) is 5.69 Å². The summed E-state index contributed by atoms with van der Waals surface area (Å²) < 4.78 is 0. The molecule has 0 aliphatic heterocycles. The molecule has 0 aromatic heterocycles. The lowest BCUT2D eigenvalue weighted by Gasteiger charge is -2.25. The number of rotatable bonds is 6. The Morgan fingerprint density at radius 2 is 1.88 bits per heavy atom. The van der Waals surface area contributed by atoms with Gasteiger partial charge in [0.15, 0.2) is 0 Å². The summed E-state index contributed by atoms with van der Waals surface area (Å²) in [6.07, 6.45) is 4.03. The first-order valence-electron chi connectivity index (χ1n) is 6.62. The van der Waals surface area contributed by atoms with Gasteiger partial charge in [-0.05, 0) is 42.9 Å². The zero-order valence-electron chi connectivity index (χ0n) is 10.8. The molecule has 0 amide bonds. The lowest BCUT2D eigenvalue weighted by Crippen LogP contribution is -2.27. The quantitative estimate of drug-likeness (QED) is 0.694. The third kappa shape index (κ3) is 3.74. The van der Waals surface area contributed by atoms with Crippen molar-refractivity contribution in [3.63, 3.8) is 0 Å². The van der Waals surface area contributed by atoms with Gasteiger partial charge >= 0.3 is 0 Å². The molecule has 0 saturated heterocycles. The highest BCUT2D eigenvalue weighted by molar-refractivity contribution is 9.08. The molecule has 94 valence electrons. The van der Waals surface area contributed by atoms with Crippen LogP contribution in [0.15, 0.2) is 24.3 Å². The summed E-state index contributed by atoms with van der Waals surface area (Å²) >= 11 is 3.50. The third-order valence-electron chi connectivity index (χ3n) is 3.36. The summed E-state index contributed by atoms with van der Waals surface area (Å²) in [5.74, 6) is 0.790. The Balaban J connectivity index is 2.03. The Kier molecular flexibility index (Phi) is 4.49. The highest BCUT2D eigenvalue weighted by Gasteiger charge is 2.28. The van der Waals surface area contributed by atoms with Gasteiger partial charge in [0.2, 0.25) is 0 Å². The van der Waals surface area contributed by atoms with Crippen molar-refractivity contribution in [1.29, 1.82) is 0 Å². The van der Waals surface area contributed by atoms with Crippen molar-refractivity contribution in [2.24, 2.45) is 5.92 Å². The molecule has 1 aromatic rings. The van der Waals surface area contributed by atoms with Crippen molar-refractivity contribution in [2.75, 3.05) is 11.4 Å². The maximum atomic E-state index is 3.50. The first-order chi connectivity index (χ1) is 8.20. The van der Waals surface area contributed by atoms with Crippen LogP contribution in [0.1, 0.15) is 38.7 Å². The van der Waals surface area contributed by atoms with Crippen LogP contribution in [0.5, 0.6) is 0 Å². The van der Waals surface area contributed by atoms with E-state index in [1.54, 1.807) is 0 Å². The van der Waals surface area contributed by atoms with Gasteiger partial charge in [-0.3, -0.25) is 0 Å². The summed E-state index contributed by atoms with van der Waals surface area (Å²) in [6, 6.07) is 9.82. The molecule has 2 heteroatoms. The molecule has 2 rings (SSSR count). The van der Waals surface area contributed by atoms with Crippen molar-refractivity contribution in [1.82, 2.24) is 0 Å². The molecule has 0 unspecified atom stereocenters. The van der Waals surface area contributed by atoms with Crippen molar-refractivity contribution in [3.05, 3.63) is 29.8 Å². The molecule has 0 atom stereocenters. The van der Waals surface area contributed by atoms with Gasteiger partial charge < -0.3 is 4.90 Å². The lowest BCUT2D eigenvalue weighted by atomic mass is 10.1. The van der Waals surface area contributed by atoms with E-state index >= 15 is 0 Å². The molecule has 1 saturated carbocycles. The Morgan fingerprint density at radius 3 is 2.35 bits per heavy atom. The second-order valence-electron chi connectivity index (χ2n) is 5.41. The summed E-state index contributed by atoms with van der Waals surface area (Å²) in [6.45, 7) is 5.81. The highest BCUT2D eigenvalue weighted by Crippen LogP contribution is 2.32. The number of anilines is 1. The molecule has 1 aromatic carbocycles. The molecule has 0 heterocycles. The maximum Gasteiger partial charge on any atom is 0.0368 e. The van der Waals surface area contributed by atoms with Crippen molar-refractivity contribution < 1.29 is 0 Å². The minimum absolute atomic E-state index is 0.790. The molecule has 1 nitrogen and oxygen atoms in total. The largest absolute Gasteiger partial charge is 0.369 e. The summed E-state index contributed by atoms with van der Waals surface area (Å²) in [7, 11) is 0. The zero-order valence-corrected chi connectivity index (χ0v) is 12.4. The summed E-state index contributed by atoms with van der Waals surface area (Å²) in [5, 5.41) is 0.947. The minimum atomic E-state index is 0.790. The number of alkyl halides is 1. The molecule has 17 heavy (non-hydrogen) atoms. The first-order valence-corrected chi connectivity index (χ1v) is 7.74. The maximum absolute atomic E-state index is 3.50. The van der Waals surface area contributed by atoms with Crippen LogP contribution in [-0.4, -0.2) is 12.6 Å². The van der Waals surface area contributed by atoms with Crippen LogP contribution < -0.4 is 4.90 Å². The summed E-state index contributed by atoms with van der Waals surface area (Å²) in [4.78, 5) is 2.60. The molecule has 1 aliphatic carbocycles. The van der Waals surface area contributed by atoms with Gasteiger partial charge in [-0.2, -0.15) is 0 Å². The van der Waals surface area contributed by atoms with E-state index in [1.165, 1.54) is 37.1 Å². The topological polar surface area (TPSA) is 3.24 Å². The normalized spacial score (nSPS) is 15.3. The van der Waals surface area contributed by atoms with Gasteiger partial charge in [-0.15, -0.1) is 0 Å². The van der Waals surface area contributed by atoms with Gasteiger partial charge in [0.1, 0.15) is 0 Å². The molecule has 1 fully saturated rings. The molecular weight excluding hydrogens is 274 g/mol. The number of hydrogen-bond acceptors (Lipinski definition) is 1. The Labute approximate surface area is 113 Å². The fraction of sp³-hybridized carbons (Fsp3) is 0.600. The number of halogens is 1. The Bertz CT molecular complexity index is 340. The van der Waals surface area contributed by atoms with E-state index in [1.807, 2.05) is 0 Å². The average molecular weight is 296 g/mol. The molecular formula is C15H22BrN. The molecule has 0 spiro atoms. The number of hydrogen-bond donors (Lipinski definition) is 0. The van der Waals surface area contributed by atoms with E-state index in [0.717, 1.165) is 17.3 Å². The van der Waals surface area contributed by atoms with Crippen LogP contribution in [0.2, 0.25) is 0 Å². The van der Waals surface area contributed by atoms with Crippen molar-refractivity contribution in [3.8, 4) is 0 Å². The van der Waals surface area contributed by atoms with Crippen LogP contribution in [0, 0.1) is 5.92 Å². The van der Waals surface area contributed by atoms with Gasteiger partial charge in [-0.25, -0.2) is 0 Å². The van der Waals surface area contributed by atoms with Crippen LogP contribution >= 0.6 is 15.9 Å². The van der Waals surface area contributed by atoms with E-state index in [4.69, 9.17) is 0 Å². The van der Waals surface area contributed by atoms with Crippen molar-refractivity contribution >= 4 is 21.6 Å². The Morgan fingerprint density at radius 1 is 1.24 bits per heavy atom. The van der Waals surface area contributed by atoms with E-state index in [0.29, 0.717) is 0 Å². The minimum Gasteiger partial charge on any atom is -0.369 e. The zero-order chi connectivity index (χ0) is 12.3. The monoisotopic (exact) mass is 295 g/mol.